The van der Waals surface area contributed by atoms with Crippen molar-refractivity contribution in [3.63, 3.8) is 0 Å². The van der Waals surface area contributed by atoms with E-state index in [0.29, 0.717) is 37.7 Å². The fourth-order valence-electron chi connectivity index (χ4n) is 3.79. The Bertz CT molecular complexity index is 1110. The van der Waals surface area contributed by atoms with Gasteiger partial charge in [-0.1, -0.05) is 17.7 Å². The summed E-state index contributed by atoms with van der Waals surface area (Å²) in [6.45, 7) is 2.26. The normalized spacial score (nSPS) is 13.7. The molecule has 1 saturated heterocycles. The average Bonchev–Trinajstić information content (AvgIpc) is 2.86. The van der Waals surface area contributed by atoms with Crippen LogP contribution in [-0.4, -0.2) is 61.4 Å². The first kappa shape index (κ1) is 22.8. The monoisotopic (exact) mass is 470 g/mol. The van der Waals surface area contributed by atoms with Crippen molar-refractivity contribution in [1.29, 1.82) is 0 Å². The van der Waals surface area contributed by atoms with Crippen LogP contribution in [0.1, 0.15) is 5.56 Å². The average molecular weight is 471 g/mol. The third-order valence-electron chi connectivity index (χ3n) is 5.68. The fourth-order valence-corrected chi connectivity index (χ4v) is 4.02. The van der Waals surface area contributed by atoms with E-state index in [0.717, 1.165) is 17.1 Å². The summed E-state index contributed by atoms with van der Waals surface area (Å²) in [6.07, 6.45) is -0.0503. The molecule has 7 nitrogen and oxygen atoms in total. The predicted octanol–water partition coefficient (Wildman–Crippen LogP) is 3.84. The zero-order valence-corrected chi connectivity index (χ0v) is 19.2. The van der Waals surface area contributed by atoms with Gasteiger partial charge in [0.1, 0.15) is 5.82 Å². The number of rotatable bonds is 6. The molecule has 0 spiro atoms. The van der Waals surface area contributed by atoms with Crippen LogP contribution in [0, 0.1) is 5.82 Å². The molecular weight excluding hydrogens is 447 g/mol. The maximum absolute atomic E-state index is 14.0. The molecule has 4 rings (SSSR count). The van der Waals surface area contributed by atoms with Crippen LogP contribution in [0.15, 0.2) is 48.5 Å². The summed E-state index contributed by atoms with van der Waals surface area (Å²) in [5.41, 5.74) is 1.83. The topological polar surface area (TPSA) is 67.8 Å². The molecule has 172 valence electrons. The number of hydrogen-bond acceptors (Lipinski definition) is 6. The zero-order valence-electron chi connectivity index (χ0n) is 18.4. The number of halogens is 2. The van der Waals surface area contributed by atoms with E-state index in [1.54, 1.807) is 25.2 Å². The SMILES string of the molecule is COc1ccc(-c2ccc(N3CCN(C(=O)Cc4c(F)cccc4Cl)CC3)nn2)cc1OC. The first-order chi connectivity index (χ1) is 16.0. The second-order valence-corrected chi connectivity index (χ2v) is 8.00. The van der Waals surface area contributed by atoms with Crippen LogP contribution < -0.4 is 14.4 Å². The number of hydrogen-bond donors (Lipinski definition) is 0. The lowest BCUT2D eigenvalue weighted by atomic mass is 10.1. The molecular formula is C24H24ClFN4O3. The second kappa shape index (κ2) is 10.0. The summed E-state index contributed by atoms with van der Waals surface area (Å²) in [6, 6.07) is 13.8. The van der Waals surface area contributed by atoms with Crippen molar-refractivity contribution in [2.45, 2.75) is 6.42 Å². The van der Waals surface area contributed by atoms with Gasteiger partial charge in [0.15, 0.2) is 17.3 Å². The van der Waals surface area contributed by atoms with E-state index in [2.05, 4.69) is 15.1 Å². The molecule has 0 atom stereocenters. The molecule has 0 radical (unpaired) electrons. The van der Waals surface area contributed by atoms with Crippen LogP contribution in [0.3, 0.4) is 0 Å². The fraction of sp³-hybridized carbons (Fsp3) is 0.292. The Morgan fingerprint density at radius 3 is 2.39 bits per heavy atom. The number of ether oxygens (including phenoxy) is 2. The van der Waals surface area contributed by atoms with Crippen LogP contribution in [0.5, 0.6) is 11.5 Å². The molecule has 0 bridgehead atoms. The van der Waals surface area contributed by atoms with Gasteiger partial charge in [-0.05, 0) is 42.5 Å². The summed E-state index contributed by atoms with van der Waals surface area (Å²) in [7, 11) is 3.18. The van der Waals surface area contributed by atoms with Gasteiger partial charge in [0.2, 0.25) is 5.91 Å². The molecule has 2 aromatic carbocycles. The number of nitrogens with zero attached hydrogens (tertiary/aromatic N) is 4. The van der Waals surface area contributed by atoms with Gasteiger partial charge in [-0.25, -0.2) is 4.39 Å². The van der Waals surface area contributed by atoms with Crippen LogP contribution in [0.2, 0.25) is 5.02 Å². The van der Waals surface area contributed by atoms with E-state index in [9.17, 15) is 9.18 Å². The molecule has 1 aliphatic heterocycles. The molecule has 0 unspecified atom stereocenters. The third kappa shape index (κ3) is 5.01. The minimum absolute atomic E-state index is 0.0503. The van der Waals surface area contributed by atoms with Gasteiger partial charge >= 0.3 is 0 Å². The molecule has 9 heteroatoms. The molecule has 3 aromatic rings. The highest BCUT2D eigenvalue weighted by Gasteiger charge is 2.24. The van der Waals surface area contributed by atoms with Gasteiger partial charge in [-0.2, -0.15) is 0 Å². The first-order valence-electron chi connectivity index (χ1n) is 10.5. The van der Waals surface area contributed by atoms with Gasteiger partial charge in [0.25, 0.3) is 0 Å². The van der Waals surface area contributed by atoms with E-state index in [-0.39, 0.29) is 22.9 Å². The Morgan fingerprint density at radius 2 is 1.76 bits per heavy atom. The van der Waals surface area contributed by atoms with E-state index in [4.69, 9.17) is 21.1 Å². The van der Waals surface area contributed by atoms with Crippen molar-refractivity contribution < 1.29 is 18.7 Å². The Hall–Kier alpha value is -3.39. The number of methoxy groups -OCH3 is 2. The van der Waals surface area contributed by atoms with Gasteiger partial charge in [-0.3, -0.25) is 4.79 Å². The summed E-state index contributed by atoms with van der Waals surface area (Å²) in [4.78, 5) is 16.5. The summed E-state index contributed by atoms with van der Waals surface area (Å²) in [5, 5.41) is 9.00. The number of carbonyl (C=O) groups excluding carboxylic acids is 1. The molecule has 33 heavy (non-hydrogen) atoms. The van der Waals surface area contributed by atoms with Gasteiger partial charge in [0.05, 0.1) is 26.3 Å². The van der Waals surface area contributed by atoms with Crippen LogP contribution >= 0.6 is 11.6 Å². The van der Waals surface area contributed by atoms with E-state index in [1.165, 1.54) is 12.1 Å². The highest BCUT2D eigenvalue weighted by atomic mass is 35.5. The minimum atomic E-state index is -0.459. The lowest BCUT2D eigenvalue weighted by Crippen LogP contribution is -2.49. The van der Waals surface area contributed by atoms with Crippen LogP contribution in [0.25, 0.3) is 11.3 Å². The number of carbonyl (C=O) groups is 1. The smallest absolute Gasteiger partial charge is 0.227 e. The van der Waals surface area contributed by atoms with E-state index < -0.39 is 5.82 Å². The van der Waals surface area contributed by atoms with Crippen molar-refractivity contribution in [2.24, 2.45) is 0 Å². The van der Waals surface area contributed by atoms with Crippen LogP contribution in [-0.2, 0) is 11.2 Å². The number of amides is 1. The lowest BCUT2D eigenvalue weighted by Gasteiger charge is -2.35. The Balaban J connectivity index is 1.38. The molecule has 1 amide bonds. The Kier molecular flexibility index (Phi) is 6.93. The highest BCUT2D eigenvalue weighted by Crippen LogP contribution is 2.31. The molecule has 0 aliphatic carbocycles. The van der Waals surface area contributed by atoms with Crippen molar-refractivity contribution in [2.75, 3.05) is 45.3 Å². The molecule has 1 aliphatic rings. The molecule has 1 fully saturated rings. The second-order valence-electron chi connectivity index (χ2n) is 7.59. The molecule has 0 N–H and O–H groups in total. The quantitative estimate of drug-likeness (QED) is 0.545. The Morgan fingerprint density at radius 1 is 1.00 bits per heavy atom. The summed E-state index contributed by atoms with van der Waals surface area (Å²) < 4.78 is 24.6. The lowest BCUT2D eigenvalue weighted by molar-refractivity contribution is -0.130. The molecule has 2 heterocycles. The molecule has 1 aromatic heterocycles. The maximum Gasteiger partial charge on any atom is 0.227 e. The van der Waals surface area contributed by atoms with Crippen molar-refractivity contribution in [1.82, 2.24) is 15.1 Å². The summed E-state index contributed by atoms with van der Waals surface area (Å²) in [5.74, 6) is 1.41. The third-order valence-corrected chi connectivity index (χ3v) is 6.03. The van der Waals surface area contributed by atoms with Crippen LogP contribution in [0.4, 0.5) is 10.2 Å². The maximum atomic E-state index is 14.0. The standard InChI is InChI=1S/C24H24ClFN4O3/c1-32-21-8-6-16(14-22(21)33-2)20-7-9-23(28-27-20)29-10-12-30(13-11-29)24(31)15-17-18(25)4-3-5-19(17)26/h3-9,14H,10-13,15H2,1-2H3. The van der Waals surface area contributed by atoms with Gasteiger partial charge in [0, 0.05) is 42.3 Å². The van der Waals surface area contributed by atoms with Crippen molar-refractivity contribution >= 4 is 23.3 Å². The number of anilines is 1. The largest absolute Gasteiger partial charge is 0.493 e. The van der Waals surface area contributed by atoms with Crippen molar-refractivity contribution in [3.05, 3.63) is 64.9 Å². The van der Waals surface area contributed by atoms with Crippen molar-refractivity contribution in [3.8, 4) is 22.8 Å². The van der Waals surface area contributed by atoms with E-state index in [1.807, 2.05) is 30.3 Å². The van der Waals surface area contributed by atoms with E-state index >= 15 is 0 Å². The predicted molar refractivity (Wildman–Crippen MR) is 124 cm³/mol. The van der Waals surface area contributed by atoms with Gasteiger partial charge < -0.3 is 19.3 Å². The first-order valence-corrected chi connectivity index (χ1v) is 10.9. The Labute approximate surface area is 196 Å². The highest BCUT2D eigenvalue weighted by molar-refractivity contribution is 6.31. The number of benzene rings is 2. The zero-order chi connectivity index (χ0) is 23.4. The molecule has 0 saturated carbocycles. The number of piperazine rings is 1. The summed E-state index contributed by atoms with van der Waals surface area (Å²) >= 11 is 6.06. The number of aromatic nitrogens is 2. The minimum Gasteiger partial charge on any atom is -0.493 e. The van der Waals surface area contributed by atoms with Gasteiger partial charge in [-0.15, -0.1) is 10.2 Å².